The molecule has 2 N–H and O–H groups in total. The Hall–Kier alpha value is -2.63. The van der Waals surface area contributed by atoms with Gasteiger partial charge in [0.25, 0.3) is 0 Å². The molecule has 0 aliphatic carbocycles. The van der Waals surface area contributed by atoms with Crippen LogP contribution in [0.3, 0.4) is 0 Å². The minimum atomic E-state index is -0.225. The summed E-state index contributed by atoms with van der Waals surface area (Å²) in [5, 5.41) is 4.61. The van der Waals surface area contributed by atoms with Gasteiger partial charge in [0.15, 0.2) is 0 Å². The van der Waals surface area contributed by atoms with Crippen molar-refractivity contribution < 1.29 is 4.79 Å². The standard InChI is InChI=1S/C20H16ClN3OS/c1-12(20-23-14-7-3-4-8-15(14)24-20)22-18(25)11-10-17-19(21)13-6-2-5-9-16(13)26-17/h2-12H,1H3,(H,22,25)(H,23,24)/b11-10+. The summed E-state index contributed by atoms with van der Waals surface area (Å²) in [7, 11) is 0. The molecule has 0 radical (unpaired) electrons. The third kappa shape index (κ3) is 3.23. The lowest BCUT2D eigenvalue weighted by atomic mass is 10.2. The molecular weight excluding hydrogens is 366 g/mol. The van der Waals surface area contributed by atoms with Crippen LogP contribution in [0.15, 0.2) is 54.6 Å². The Labute approximate surface area is 159 Å². The Morgan fingerprint density at radius 2 is 2.00 bits per heavy atom. The average Bonchev–Trinajstić information content (AvgIpc) is 3.22. The topological polar surface area (TPSA) is 57.8 Å². The van der Waals surface area contributed by atoms with E-state index in [-0.39, 0.29) is 11.9 Å². The molecule has 0 fully saturated rings. The number of carbonyl (C=O) groups is 1. The summed E-state index contributed by atoms with van der Waals surface area (Å²) in [6.45, 7) is 1.90. The fourth-order valence-corrected chi connectivity index (χ4v) is 4.20. The van der Waals surface area contributed by atoms with Gasteiger partial charge in [-0.15, -0.1) is 11.3 Å². The van der Waals surface area contributed by atoms with Crippen LogP contribution in [0, 0.1) is 0 Å². The zero-order chi connectivity index (χ0) is 18.1. The van der Waals surface area contributed by atoms with Crippen molar-refractivity contribution in [3.8, 4) is 0 Å². The number of aromatic amines is 1. The zero-order valence-corrected chi connectivity index (χ0v) is 15.6. The summed E-state index contributed by atoms with van der Waals surface area (Å²) in [6.07, 6.45) is 3.27. The van der Waals surface area contributed by atoms with E-state index in [0.29, 0.717) is 5.02 Å². The van der Waals surface area contributed by atoms with Crippen LogP contribution >= 0.6 is 22.9 Å². The molecule has 0 aliphatic heterocycles. The second-order valence-electron chi connectivity index (χ2n) is 5.98. The van der Waals surface area contributed by atoms with E-state index in [4.69, 9.17) is 11.6 Å². The number of amides is 1. The van der Waals surface area contributed by atoms with Gasteiger partial charge in [0.1, 0.15) is 5.82 Å². The second-order valence-corrected chi connectivity index (χ2v) is 7.44. The van der Waals surface area contributed by atoms with Crippen molar-refractivity contribution >= 4 is 56.0 Å². The number of thiophene rings is 1. The van der Waals surface area contributed by atoms with Crippen molar-refractivity contribution in [3.05, 3.63) is 70.3 Å². The molecular formula is C20H16ClN3OS. The monoisotopic (exact) mass is 381 g/mol. The van der Waals surface area contributed by atoms with Gasteiger partial charge in [-0.25, -0.2) is 4.98 Å². The van der Waals surface area contributed by atoms with Crippen LogP contribution in [0.2, 0.25) is 5.02 Å². The lowest BCUT2D eigenvalue weighted by Gasteiger charge is -2.09. The number of nitrogens with one attached hydrogen (secondary N) is 2. The van der Waals surface area contributed by atoms with Crippen LogP contribution in [0.5, 0.6) is 0 Å². The number of hydrogen-bond acceptors (Lipinski definition) is 3. The largest absolute Gasteiger partial charge is 0.343 e. The van der Waals surface area contributed by atoms with E-state index < -0.39 is 0 Å². The predicted molar refractivity (Wildman–Crippen MR) is 109 cm³/mol. The Morgan fingerprint density at radius 3 is 2.81 bits per heavy atom. The van der Waals surface area contributed by atoms with Crippen LogP contribution in [0.4, 0.5) is 0 Å². The lowest BCUT2D eigenvalue weighted by molar-refractivity contribution is -0.117. The molecule has 2 aromatic heterocycles. The van der Waals surface area contributed by atoms with E-state index in [9.17, 15) is 4.79 Å². The Bertz CT molecular complexity index is 1100. The first-order chi connectivity index (χ1) is 12.6. The van der Waals surface area contributed by atoms with Crippen molar-refractivity contribution in [1.29, 1.82) is 0 Å². The van der Waals surface area contributed by atoms with Crippen molar-refractivity contribution in [2.24, 2.45) is 0 Å². The molecule has 0 spiro atoms. The van der Waals surface area contributed by atoms with Gasteiger partial charge in [-0.2, -0.15) is 0 Å². The first kappa shape index (κ1) is 16.8. The minimum Gasteiger partial charge on any atom is -0.343 e. The van der Waals surface area contributed by atoms with Gasteiger partial charge < -0.3 is 10.3 Å². The van der Waals surface area contributed by atoms with Crippen LogP contribution in [0.1, 0.15) is 23.7 Å². The number of H-pyrrole nitrogens is 1. The van der Waals surface area contributed by atoms with Gasteiger partial charge in [-0.05, 0) is 31.2 Å². The molecule has 26 heavy (non-hydrogen) atoms. The van der Waals surface area contributed by atoms with Crippen molar-refractivity contribution in [2.45, 2.75) is 13.0 Å². The van der Waals surface area contributed by atoms with E-state index in [2.05, 4.69) is 15.3 Å². The van der Waals surface area contributed by atoms with Gasteiger partial charge in [0.2, 0.25) is 5.91 Å². The highest BCUT2D eigenvalue weighted by Crippen LogP contribution is 2.35. The normalized spacial score (nSPS) is 12.8. The fraction of sp³-hybridized carbons (Fsp3) is 0.100. The molecule has 1 amide bonds. The van der Waals surface area contributed by atoms with Crippen molar-refractivity contribution in [1.82, 2.24) is 15.3 Å². The molecule has 1 atom stereocenters. The van der Waals surface area contributed by atoms with Gasteiger partial charge in [-0.1, -0.05) is 41.9 Å². The number of benzene rings is 2. The maximum absolute atomic E-state index is 12.3. The van der Waals surface area contributed by atoms with E-state index in [0.717, 1.165) is 31.8 Å². The third-order valence-corrected chi connectivity index (χ3v) is 5.78. The predicted octanol–water partition coefficient (Wildman–Crippen LogP) is 5.32. The zero-order valence-electron chi connectivity index (χ0n) is 14.0. The van der Waals surface area contributed by atoms with Gasteiger partial charge in [-0.3, -0.25) is 4.79 Å². The Balaban J connectivity index is 1.48. The highest BCUT2D eigenvalue weighted by atomic mass is 35.5. The Kier molecular flexibility index (Phi) is 4.49. The summed E-state index contributed by atoms with van der Waals surface area (Å²) in [4.78, 5) is 20.9. The molecule has 0 saturated heterocycles. The molecule has 6 heteroatoms. The molecule has 0 aliphatic rings. The van der Waals surface area contributed by atoms with Crippen LogP contribution in [-0.2, 0) is 4.79 Å². The number of para-hydroxylation sites is 2. The molecule has 4 aromatic rings. The van der Waals surface area contributed by atoms with E-state index in [1.54, 1.807) is 17.4 Å². The van der Waals surface area contributed by atoms with Crippen molar-refractivity contribution in [2.75, 3.05) is 0 Å². The number of aromatic nitrogens is 2. The van der Waals surface area contributed by atoms with Gasteiger partial charge in [0, 0.05) is 21.0 Å². The molecule has 130 valence electrons. The average molecular weight is 382 g/mol. The molecule has 0 bridgehead atoms. The number of nitrogens with zero attached hydrogens (tertiary/aromatic N) is 1. The van der Waals surface area contributed by atoms with Crippen LogP contribution in [0.25, 0.3) is 27.2 Å². The molecule has 2 heterocycles. The van der Waals surface area contributed by atoms with Crippen molar-refractivity contribution in [3.63, 3.8) is 0 Å². The number of carbonyl (C=O) groups excluding carboxylic acids is 1. The highest BCUT2D eigenvalue weighted by Gasteiger charge is 2.13. The number of halogens is 1. The van der Waals surface area contributed by atoms with Crippen LogP contribution < -0.4 is 5.32 Å². The van der Waals surface area contributed by atoms with Gasteiger partial charge >= 0.3 is 0 Å². The first-order valence-electron chi connectivity index (χ1n) is 8.22. The summed E-state index contributed by atoms with van der Waals surface area (Å²) < 4.78 is 1.10. The molecule has 4 rings (SSSR count). The van der Waals surface area contributed by atoms with Crippen LogP contribution in [-0.4, -0.2) is 15.9 Å². The summed E-state index contributed by atoms with van der Waals surface area (Å²) in [5.74, 6) is 0.541. The first-order valence-corrected chi connectivity index (χ1v) is 9.41. The number of imidazole rings is 1. The summed E-state index contributed by atoms with van der Waals surface area (Å²) >= 11 is 7.97. The highest BCUT2D eigenvalue weighted by molar-refractivity contribution is 7.20. The molecule has 4 nitrogen and oxygen atoms in total. The van der Waals surface area contributed by atoms with Gasteiger partial charge in [0.05, 0.1) is 22.1 Å². The number of hydrogen-bond donors (Lipinski definition) is 2. The SMILES string of the molecule is CC(NC(=O)/C=C/c1sc2ccccc2c1Cl)c1nc2ccccc2[nH]1. The van der Waals surface area contributed by atoms with E-state index in [1.165, 1.54) is 6.08 Å². The summed E-state index contributed by atoms with van der Waals surface area (Å²) in [5.41, 5.74) is 1.84. The quantitative estimate of drug-likeness (QED) is 0.470. The van der Waals surface area contributed by atoms with E-state index >= 15 is 0 Å². The lowest BCUT2D eigenvalue weighted by Crippen LogP contribution is -2.25. The maximum atomic E-state index is 12.3. The fourth-order valence-electron chi connectivity index (χ4n) is 2.80. The molecule has 1 unspecified atom stereocenters. The summed E-state index contributed by atoms with van der Waals surface area (Å²) in [6, 6.07) is 15.5. The third-order valence-electron chi connectivity index (χ3n) is 4.12. The molecule has 2 aromatic carbocycles. The smallest absolute Gasteiger partial charge is 0.244 e. The Morgan fingerprint density at radius 1 is 1.23 bits per heavy atom. The number of rotatable bonds is 4. The molecule has 0 saturated carbocycles. The minimum absolute atomic E-state index is 0.188. The maximum Gasteiger partial charge on any atom is 0.244 e. The second kappa shape index (κ2) is 6.94. The number of fused-ring (bicyclic) bond motifs is 2. The van der Waals surface area contributed by atoms with E-state index in [1.807, 2.05) is 55.5 Å².